The Morgan fingerprint density at radius 2 is 1.45 bits per heavy atom. The molecule has 0 fully saturated rings. The Labute approximate surface area is 133 Å². The van der Waals surface area contributed by atoms with Crippen LogP contribution in [-0.2, 0) is 0 Å². The second-order valence-electron chi connectivity index (χ2n) is 5.14. The lowest BCUT2D eigenvalue weighted by Gasteiger charge is -2.02. The molecule has 3 rings (SSSR count). The molecule has 1 heterocycles. The van der Waals surface area contributed by atoms with Gasteiger partial charge in [-0.2, -0.15) is 5.11 Å². The minimum absolute atomic E-state index is 0.164. The summed E-state index contributed by atoms with van der Waals surface area (Å²) >= 11 is 1.45. The lowest BCUT2D eigenvalue weighted by Crippen LogP contribution is -1.83. The largest absolute Gasteiger partial charge is 0.251 e. The lowest BCUT2D eigenvalue weighted by molar-refractivity contribution is 0.776. The molecule has 0 N–H and O–H groups in total. The molecule has 1 aromatic heterocycles. The number of hydrogen-bond acceptors (Lipinski definition) is 5. The van der Waals surface area contributed by atoms with Gasteiger partial charge in [-0.1, -0.05) is 65.9 Å². The van der Waals surface area contributed by atoms with Crippen LogP contribution >= 0.6 is 11.3 Å². The van der Waals surface area contributed by atoms with Crippen LogP contribution in [0.4, 0.5) is 5.13 Å². The fraction of sp³-hybridized carbons (Fsp3) is 0.176. The molecule has 110 valence electrons. The van der Waals surface area contributed by atoms with E-state index in [9.17, 15) is 0 Å². The maximum atomic E-state index is 4.18. The maximum absolute atomic E-state index is 4.18. The van der Waals surface area contributed by atoms with Crippen molar-refractivity contribution in [3.63, 3.8) is 0 Å². The highest BCUT2D eigenvalue weighted by atomic mass is 32.1. The Balaban J connectivity index is 1.81. The molecule has 0 unspecified atom stereocenters. The molecule has 22 heavy (non-hydrogen) atoms. The van der Waals surface area contributed by atoms with Crippen LogP contribution in [0.2, 0.25) is 0 Å². The first-order valence-electron chi connectivity index (χ1n) is 7.12. The summed E-state index contributed by atoms with van der Waals surface area (Å²) in [5, 5.41) is 17.9. The van der Waals surface area contributed by atoms with E-state index in [0.29, 0.717) is 5.13 Å². The van der Waals surface area contributed by atoms with E-state index in [4.69, 9.17) is 0 Å². The van der Waals surface area contributed by atoms with Crippen molar-refractivity contribution in [2.24, 2.45) is 10.2 Å². The van der Waals surface area contributed by atoms with E-state index in [2.05, 4.69) is 56.8 Å². The fourth-order valence-electron chi connectivity index (χ4n) is 1.97. The monoisotopic (exact) mass is 308 g/mol. The van der Waals surface area contributed by atoms with E-state index in [0.717, 1.165) is 10.6 Å². The van der Waals surface area contributed by atoms with Crippen LogP contribution in [-0.4, -0.2) is 16.2 Å². The third kappa shape index (κ3) is 3.43. The van der Waals surface area contributed by atoms with Crippen molar-refractivity contribution >= 4 is 16.5 Å². The minimum atomic E-state index is 0.164. The number of azo groups is 1. The van der Waals surface area contributed by atoms with Crippen molar-refractivity contribution in [2.75, 3.05) is 0 Å². The molecule has 4 nitrogen and oxygen atoms in total. The van der Waals surface area contributed by atoms with Crippen molar-refractivity contribution in [1.82, 2.24) is 10.2 Å². The van der Waals surface area contributed by atoms with E-state index in [1.807, 2.05) is 32.0 Å². The maximum Gasteiger partial charge on any atom is 0.251 e. The number of aromatic nitrogens is 2. The van der Waals surface area contributed by atoms with E-state index in [1.165, 1.54) is 22.5 Å². The zero-order valence-electron chi connectivity index (χ0n) is 12.5. The Morgan fingerprint density at radius 3 is 2.14 bits per heavy atom. The number of hydrogen-bond donors (Lipinski definition) is 0. The number of benzene rings is 2. The molecule has 3 aromatic rings. The molecular formula is C17H16N4S. The van der Waals surface area contributed by atoms with Gasteiger partial charge in [0, 0.05) is 5.56 Å². The summed E-state index contributed by atoms with van der Waals surface area (Å²) in [6.45, 7) is 3.96. The van der Waals surface area contributed by atoms with Crippen molar-refractivity contribution in [3.05, 3.63) is 54.6 Å². The second-order valence-corrected chi connectivity index (χ2v) is 6.10. The summed E-state index contributed by atoms with van der Waals surface area (Å²) in [4.78, 5) is 0. The highest BCUT2D eigenvalue weighted by molar-refractivity contribution is 7.18. The van der Waals surface area contributed by atoms with Crippen LogP contribution in [0.25, 0.3) is 21.7 Å². The Hall–Kier alpha value is -2.40. The third-order valence-corrected chi connectivity index (χ3v) is 3.88. The van der Waals surface area contributed by atoms with Gasteiger partial charge in [0.2, 0.25) is 0 Å². The molecular weight excluding hydrogens is 292 g/mol. The van der Waals surface area contributed by atoms with Gasteiger partial charge in [-0.05, 0) is 25.0 Å². The molecule has 0 spiro atoms. The number of rotatable bonds is 4. The summed E-state index contributed by atoms with van der Waals surface area (Å²) < 4.78 is 0. The van der Waals surface area contributed by atoms with Gasteiger partial charge in [0.25, 0.3) is 5.13 Å². The molecule has 2 aromatic carbocycles. The average Bonchev–Trinajstić information content (AvgIpc) is 3.03. The first-order chi connectivity index (χ1) is 10.7. The number of nitrogens with zero attached hydrogens (tertiary/aromatic N) is 4. The molecule has 0 aliphatic heterocycles. The molecule has 0 saturated heterocycles. The second kappa shape index (κ2) is 6.58. The van der Waals surface area contributed by atoms with Crippen molar-refractivity contribution in [1.29, 1.82) is 0 Å². The van der Waals surface area contributed by atoms with Gasteiger partial charge >= 0.3 is 0 Å². The van der Waals surface area contributed by atoms with Crippen molar-refractivity contribution < 1.29 is 0 Å². The van der Waals surface area contributed by atoms with E-state index in [-0.39, 0.29) is 6.04 Å². The fourth-order valence-corrected chi connectivity index (χ4v) is 2.65. The first kappa shape index (κ1) is 14.5. The highest BCUT2D eigenvalue weighted by Crippen LogP contribution is 2.30. The Morgan fingerprint density at radius 1 is 0.818 bits per heavy atom. The van der Waals surface area contributed by atoms with Crippen LogP contribution in [0.1, 0.15) is 13.8 Å². The Kier molecular flexibility index (Phi) is 4.34. The van der Waals surface area contributed by atoms with Gasteiger partial charge in [-0.3, -0.25) is 0 Å². The van der Waals surface area contributed by atoms with Gasteiger partial charge in [-0.15, -0.1) is 15.3 Å². The first-order valence-corrected chi connectivity index (χ1v) is 7.94. The zero-order valence-corrected chi connectivity index (χ0v) is 13.3. The summed E-state index contributed by atoms with van der Waals surface area (Å²) in [6, 6.07) is 18.8. The van der Waals surface area contributed by atoms with Gasteiger partial charge in [0.15, 0.2) is 0 Å². The summed E-state index contributed by atoms with van der Waals surface area (Å²) in [7, 11) is 0. The molecule has 0 saturated carbocycles. The van der Waals surface area contributed by atoms with Crippen LogP contribution in [0.15, 0.2) is 64.8 Å². The molecule has 0 aliphatic carbocycles. The summed E-state index contributed by atoms with van der Waals surface area (Å²) in [5.74, 6) is 0. The standard InChI is InChI=1S/C17H16N4S/c1-12(2)18-20-17-21-19-16(22-17)15-10-8-14(9-11-15)13-6-4-3-5-7-13/h3-12H,1-2H3. The van der Waals surface area contributed by atoms with Gasteiger partial charge < -0.3 is 0 Å². The third-order valence-electron chi connectivity index (χ3n) is 3.03. The smallest absolute Gasteiger partial charge is 0.183 e. The molecule has 0 radical (unpaired) electrons. The van der Waals surface area contributed by atoms with E-state index < -0.39 is 0 Å². The average molecular weight is 308 g/mol. The van der Waals surface area contributed by atoms with E-state index in [1.54, 1.807) is 0 Å². The summed E-state index contributed by atoms with van der Waals surface area (Å²) in [6.07, 6.45) is 0. The highest BCUT2D eigenvalue weighted by Gasteiger charge is 2.06. The Bertz CT molecular complexity index is 761. The van der Waals surface area contributed by atoms with Crippen molar-refractivity contribution in [2.45, 2.75) is 19.9 Å². The van der Waals surface area contributed by atoms with Gasteiger partial charge in [-0.25, -0.2) is 0 Å². The molecule has 0 amide bonds. The molecule has 5 heteroatoms. The molecule has 0 atom stereocenters. The van der Waals surface area contributed by atoms with Gasteiger partial charge in [0.05, 0.1) is 6.04 Å². The van der Waals surface area contributed by atoms with Crippen LogP contribution in [0.5, 0.6) is 0 Å². The predicted molar refractivity (Wildman–Crippen MR) is 90.4 cm³/mol. The lowest BCUT2D eigenvalue weighted by atomic mass is 10.0. The minimum Gasteiger partial charge on any atom is -0.183 e. The van der Waals surface area contributed by atoms with Crippen LogP contribution in [0.3, 0.4) is 0 Å². The SMILES string of the molecule is CC(C)N=Nc1nnc(-c2ccc(-c3ccccc3)cc2)s1. The van der Waals surface area contributed by atoms with Crippen LogP contribution in [0, 0.1) is 0 Å². The van der Waals surface area contributed by atoms with Gasteiger partial charge in [0.1, 0.15) is 5.01 Å². The molecule has 0 aliphatic rings. The quantitative estimate of drug-likeness (QED) is 0.609. The zero-order chi connectivity index (χ0) is 15.4. The molecule has 0 bridgehead atoms. The predicted octanol–water partition coefficient (Wildman–Crippen LogP) is 5.36. The topological polar surface area (TPSA) is 50.5 Å². The van der Waals surface area contributed by atoms with Crippen molar-refractivity contribution in [3.8, 4) is 21.7 Å². The normalized spacial score (nSPS) is 11.4. The van der Waals surface area contributed by atoms with E-state index >= 15 is 0 Å². The van der Waals surface area contributed by atoms with Crippen LogP contribution < -0.4 is 0 Å². The summed E-state index contributed by atoms with van der Waals surface area (Å²) in [5.41, 5.74) is 3.44.